The molecule has 3 rings (SSSR count). The van der Waals surface area contributed by atoms with Gasteiger partial charge in [0.2, 0.25) is 15.9 Å². The highest BCUT2D eigenvalue weighted by Gasteiger charge is 2.29. The van der Waals surface area contributed by atoms with Gasteiger partial charge in [-0.2, -0.15) is 0 Å². The van der Waals surface area contributed by atoms with Crippen LogP contribution >= 0.6 is 0 Å². The molecule has 1 aliphatic rings. The number of ether oxygens (including phenoxy) is 1. The van der Waals surface area contributed by atoms with Gasteiger partial charge in [0.15, 0.2) is 0 Å². The zero-order valence-electron chi connectivity index (χ0n) is 15.2. The summed E-state index contributed by atoms with van der Waals surface area (Å²) in [6, 6.07) is 15.4. The Labute approximate surface area is 156 Å². The highest BCUT2D eigenvalue weighted by atomic mass is 32.2. The Morgan fingerprint density at radius 1 is 1.15 bits per heavy atom. The molecular formula is C20H26N2O3S. The molecule has 2 heterocycles. The standard InChI is InChI=1S/C20H26N2O3S/c1-17-7-5-11-20(21-17)25-16-19-10-6-13-22(15-19)26(23,24)14-12-18-8-3-2-4-9-18/h2-5,7-9,11,19H,6,10,12-16H2,1H3. The molecule has 1 aromatic heterocycles. The van der Waals surface area contributed by atoms with Crippen LogP contribution in [-0.4, -0.2) is 43.2 Å². The molecular weight excluding hydrogens is 348 g/mol. The van der Waals surface area contributed by atoms with E-state index in [-0.39, 0.29) is 11.7 Å². The largest absolute Gasteiger partial charge is 0.477 e. The summed E-state index contributed by atoms with van der Waals surface area (Å²) >= 11 is 0. The van der Waals surface area contributed by atoms with Crippen LogP contribution in [0.1, 0.15) is 24.1 Å². The number of aromatic nitrogens is 1. The summed E-state index contributed by atoms with van der Waals surface area (Å²) in [5.41, 5.74) is 1.97. The number of rotatable bonds is 7. The maximum absolute atomic E-state index is 12.7. The fraction of sp³-hybridized carbons (Fsp3) is 0.450. The van der Waals surface area contributed by atoms with Crippen molar-refractivity contribution in [1.29, 1.82) is 0 Å². The number of hydrogen-bond acceptors (Lipinski definition) is 4. The molecule has 1 fully saturated rings. The SMILES string of the molecule is Cc1cccc(OCC2CCCN(S(=O)(=O)CCc3ccccc3)C2)n1. The summed E-state index contributed by atoms with van der Waals surface area (Å²) < 4.78 is 32.8. The number of nitrogens with zero attached hydrogens (tertiary/aromatic N) is 2. The van der Waals surface area contributed by atoms with Crippen molar-refractivity contribution in [1.82, 2.24) is 9.29 Å². The predicted octanol–water partition coefficient (Wildman–Crippen LogP) is 3.05. The molecule has 0 amide bonds. The van der Waals surface area contributed by atoms with Gasteiger partial charge in [-0.05, 0) is 37.8 Å². The van der Waals surface area contributed by atoms with Crippen LogP contribution in [0.4, 0.5) is 0 Å². The molecule has 6 heteroatoms. The van der Waals surface area contributed by atoms with E-state index in [2.05, 4.69) is 4.98 Å². The van der Waals surface area contributed by atoms with Gasteiger partial charge >= 0.3 is 0 Å². The average molecular weight is 375 g/mol. The van der Waals surface area contributed by atoms with Crippen molar-refractivity contribution >= 4 is 10.0 Å². The van der Waals surface area contributed by atoms with Gasteiger partial charge in [-0.1, -0.05) is 36.4 Å². The lowest BCUT2D eigenvalue weighted by molar-refractivity contribution is 0.176. The van der Waals surface area contributed by atoms with Gasteiger partial charge in [-0.3, -0.25) is 0 Å². The number of pyridine rings is 1. The molecule has 1 saturated heterocycles. The van der Waals surface area contributed by atoms with Crippen LogP contribution < -0.4 is 4.74 Å². The van der Waals surface area contributed by atoms with E-state index >= 15 is 0 Å². The minimum Gasteiger partial charge on any atom is -0.477 e. The van der Waals surface area contributed by atoms with Crippen LogP contribution in [0, 0.1) is 12.8 Å². The maximum Gasteiger partial charge on any atom is 0.214 e. The molecule has 1 unspecified atom stereocenters. The Balaban J connectivity index is 1.53. The van der Waals surface area contributed by atoms with Crippen LogP contribution in [0.3, 0.4) is 0 Å². The van der Waals surface area contributed by atoms with Crippen molar-refractivity contribution in [2.45, 2.75) is 26.2 Å². The molecule has 0 bridgehead atoms. The molecule has 1 atom stereocenters. The summed E-state index contributed by atoms with van der Waals surface area (Å²) in [4.78, 5) is 4.33. The molecule has 140 valence electrons. The monoisotopic (exact) mass is 374 g/mol. The highest BCUT2D eigenvalue weighted by molar-refractivity contribution is 7.89. The third-order valence-electron chi connectivity index (χ3n) is 4.70. The molecule has 2 aromatic rings. The summed E-state index contributed by atoms with van der Waals surface area (Å²) in [7, 11) is -3.24. The van der Waals surface area contributed by atoms with E-state index in [0.717, 1.165) is 24.1 Å². The van der Waals surface area contributed by atoms with Gasteiger partial charge in [0, 0.05) is 30.8 Å². The Kier molecular flexibility index (Phi) is 6.27. The Bertz CT molecular complexity index is 809. The number of benzene rings is 1. The molecule has 1 aliphatic heterocycles. The predicted molar refractivity (Wildman–Crippen MR) is 103 cm³/mol. The topological polar surface area (TPSA) is 59.5 Å². The van der Waals surface area contributed by atoms with E-state index in [1.807, 2.05) is 55.5 Å². The zero-order valence-corrected chi connectivity index (χ0v) is 16.0. The van der Waals surface area contributed by atoms with Crippen molar-refractivity contribution < 1.29 is 13.2 Å². The maximum atomic E-state index is 12.7. The normalized spacial score (nSPS) is 18.6. The first-order valence-electron chi connectivity index (χ1n) is 9.11. The summed E-state index contributed by atoms with van der Waals surface area (Å²) in [6.07, 6.45) is 2.41. The second kappa shape index (κ2) is 8.64. The lowest BCUT2D eigenvalue weighted by Gasteiger charge is -2.31. The van der Waals surface area contributed by atoms with Crippen LogP contribution in [-0.2, 0) is 16.4 Å². The number of sulfonamides is 1. The zero-order chi connectivity index (χ0) is 18.4. The highest BCUT2D eigenvalue weighted by Crippen LogP contribution is 2.21. The second-order valence-electron chi connectivity index (χ2n) is 6.85. The lowest BCUT2D eigenvalue weighted by atomic mass is 10.0. The first kappa shape index (κ1) is 18.9. The summed E-state index contributed by atoms with van der Waals surface area (Å²) in [5.74, 6) is 0.968. The van der Waals surface area contributed by atoms with Gasteiger partial charge < -0.3 is 4.74 Å². The van der Waals surface area contributed by atoms with Gasteiger partial charge in [0.05, 0.1) is 12.4 Å². The summed E-state index contributed by atoms with van der Waals surface area (Å²) in [5, 5.41) is 0. The van der Waals surface area contributed by atoms with E-state index in [1.54, 1.807) is 4.31 Å². The molecule has 0 spiro atoms. The summed E-state index contributed by atoms with van der Waals surface area (Å²) in [6.45, 7) is 3.56. The minimum absolute atomic E-state index is 0.157. The molecule has 0 saturated carbocycles. The van der Waals surface area contributed by atoms with Crippen molar-refractivity contribution in [3.05, 3.63) is 59.8 Å². The second-order valence-corrected chi connectivity index (χ2v) is 8.93. The molecule has 26 heavy (non-hydrogen) atoms. The van der Waals surface area contributed by atoms with Crippen molar-refractivity contribution in [2.75, 3.05) is 25.4 Å². The van der Waals surface area contributed by atoms with Crippen molar-refractivity contribution in [3.8, 4) is 5.88 Å². The average Bonchev–Trinajstić information content (AvgIpc) is 2.66. The molecule has 1 aromatic carbocycles. The lowest BCUT2D eigenvalue weighted by Crippen LogP contribution is -2.42. The smallest absolute Gasteiger partial charge is 0.214 e. The van der Waals surface area contributed by atoms with E-state index in [1.165, 1.54) is 0 Å². The Hall–Kier alpha value is -1.92. The van der Waals surface area contributed by atoms with Crippen molar-refractivity contribution in [2.24, 2.45) is 5.92 Å². The molecule has 0 radical (unpaired) electrons. The van der Waals surface area contributed by atoms with Gasteiger partial charge in [-0.15, -0.1) is 0 Å². The Morgan fingerprint density at radius 3 is 2.73 bits per heavy atom. The van der Waals surface area contributed by atoms with E-state index < -0.39 is 10.0 Å². The first-order valence-corrected chi connectivity index (χ1v) is 10.7. The number of aryl methyl sites for hydroxylation is 2. The molecule has 0 N–H and O–H groups in total. The fourth-order valence-electron chi connectivity index (χ4n) is 3.24. The van der Waals surface area contributed by atoms with E-state index in [0.29, 0.717) is 32.0 Å². The molecule has 5 nitrogen and oxygen atoms in total. The molecule has 0 aliphatic carbocycles. The van der Waals surface area contributed by atoms with Crippen molar-refractivity contribution in [3.63, 3.8) is 0 Å². The van der Waals surface area contributed by atoms with Gasteiger partial charge in [-0.25, -0.2) is 17.7 Å². The van der Waals surface area contributed by atoms with Crippen LogP contribution in [0.5, 0.6) is 5.88 Å². The number of hydrogen-bond donors (Lipinski definition) is 0. The minimum atomic E-state index is -3.24. The van der Waals surface area contributed by atoms with Crippen LogP contribution in [0.25, 0.3) is 0 Å². The third-order valence-corrected chi connectivity index (χ3v) is 6.53. The third kappa shape index (κ3) is 5.29. The van der Waals surface area contributed by atoms with Gasteiger partial charge in [0.25, 0.3) is 0 Å². The Morgan fingerprint density at radius 2 is 1.96 bits per heavy atom. The van der Waals surface area contributed by atoms with Crippen LogP contribution in [0.15, 0.2) is 48.5 Å². The first-order chi connectivity index (χ1) is 12.5. The van der Waals surface area contributed by atoms with Crippen LogP contribution in [0.2, 0.25) is 0 Å². The van der Waals surface area contributed by atoms with Gasteiger partial charge in [0.1, 0.15) is 0 Å². The fourth-order valence-corrected chi connectivity index (χ4v) is 4.83. The number of piperidine rings is 1. The quantitative estimate of drug-likeness (QED) is 0.747. The van der Waals surface area contributed by atoms with E-state index in [9.17, 15) is 8.42 Å². The van der Waals surface area contributed by atoms with E-state index in [4.69, 9.17) is 4.74 Å².